The van der Waals surface area contributed by atoms with E-state index >= 15 is 0 Å². The van der Waals surface area contributed by atoms with Crippen LogP contribution < -0.4 is 0 Å². The average Bonchev–Trinajstić information content (AvgIpc) is 2.57. The first-order chi connectivity index (χ1) is 12.4. The molecule has 0 saturated heterocycles. The Labute approximate surface area is 188 Å². The minimum atomic E-state index is -4.17. The molecule has 1 N–H and O–H groups in total. The fourth-order valence-electron chi connectivity index (χ4n) is 2.58. The first-order valence-corrected chi connectivity index (χ1v) is 11.7. The number of aliphatic hydroxyl groups is 1. The second-order valence-corrected chi connectivity index (χ2v) is 8.72. The number of unbranched alkanes of at least 4 members (excludes halogenated alkanes) is 11. The SMILES string of the molecule is CCCCCCCC/C=C\CCCCCCCC(=O)OS(=O)(=O)C(C)O.[NaH]. The molecule has 0 spiro atoms. The fourth-order valence-corrected chi connectivity index (χ4v) is 3.06. The van der Waals surface area contributed by atoms with E-state index in [1.807, 2.05) is 0 Å². The van der Waals surface area contributed by atoms with E-state index in [-0.39, 0.29) is 36.0 Å². The Balaban J connectivity index is 0. The van der Waals surface area contributed by atoms with Crippen LogP contribution in [0, 0.1) is 0 Å². The number of aliphatic hydroxyl groups excluding tert-OH is 1. The van der Waals surface area contributed by atoms with Gasteiger partial charge in [0.2, 0.25) is 0 Å². The van der Waals surface area contributed by atoms with Crippen molar-refractivity contribution in [3.63, 3.8) is 0 Å². The summed E-state index contributed by atoms with van der Waals surface area (Å²) in [6, 6.07) is 0. The number of rotatable bonds is 17. The van der Waals surface area contributed by atoms with Crippen molar-refractivity contribution in [2.24, 2.45) is 0 Å². The molecule has 1 unspecified atom stereocenters. The van der Waals surface area contributed by atoms with Gasteiger partial charge in [0.1, 0.15) is 0 Å². The third-order valence-corrected chi connectivity index (χ3v) is 5.52. The van der Waals surface area contributed by atoms with Gasteiger partial charge in [0, 0.05) is 6.42 Å². The number of hydrogen-bond donors (Lipinski definition) is 1. The number of carbonyl (C=O) groups is 1. The molecule has 0 heterocycles. The molecule has 0 amide bonds. The van der Waals surface area contributed by atoms with Crippen molar-refractivity contribution in [1.29, 1.82) is 0 Å². The predicted molar refractivity (Wildman–Crippen MR) is 113 cm³/mol. The van der Waals surface area contributed by atoms with Crippen LogP contribution in [0.2, 0.25) is 0 Å². The Morgan fingerprint density at radius 3 is 1.81 bits per heavy atom. The van der Waals surface area contributed by atoms with Gasteiger partial charge in [-0.25, -0.2) is 0 Å². The molecule has 0 aliphatic rings. The van der Waals surface area contributed by atoms with E-state index in [4.69, 9.17) is 5.11 Å². The fraction of sp³-hybridized carbons (Fsp3) is 0.850. The normalized spacial score (nSPS) is 12.7. The second-order valence-electron chi connectivity index (χ2n) is 6.88. The predicted octanol–water partition coefficient (Wildman–Crippen LogP) is 4.59. The van der Waals surface area contributed by atoms with Crippen molar-refractivity contribution >= 4 is 45.6 Å². The molecular weight excluding hydrogens is 375 g/mol. The molecular formula is C20H39NaO5S. The average molecular weight is 415 g/mol. The van der Waals surface area contributed by atoms with Crippen molar-refractivity contribution in [2.75, 3.05) is 0 Å². The first kappa shape index (κ1) is 29.3. The van der Waals surface area contributed by atoms with Crippen LogP contribution in [0.25, 0.3) is 0 Å². The van der Waals surface area contributed by atoms with Crippen LogP contribution in [0.4, 0.5) is 0 Å². The van der Waals surface area contributed by atoms with Gasteiger partial charge < -0.3 is 9.29 Å². The van der Waals surface area contributed by atoms with Crippen LogP contribution in [-0.2, 0) is 19.1 Å². The van der Waals surface area contributed by atoms with Crippen LogP contribution in [0.3, 0.4) is 0 Å². The van der Waals surface area contributed by atoms with Crippen LogP contribution in [-0.4, -0.2) is 54.5 Å². The molecule has 27 heavy (non-hydrogen) atoms. The van der Waals surface area contributed by atoms with Gasteiger partial charge in [0.25, 0.3) is 0 Å². The Bertz CT molecular complexity index is 475. The molecule has 0 aliphatic carbocycles. The molecule has 0 bridgehead atoms. The third-order valence-electron chi connectivity index (χ3n) is 4.27. The summed E-state index contributed by atoms with van der Waals surface area (Å²) in [5.74, 6) is -0.788. The monoisotopic (exact) mass is 414 g/mol. The second kappa shape index (κ2) is 19.4. The van der Waals surface area contributed by atoms with Crippen molar-refractivity contribution in [2.45, 2.75) is 109 Å². The van der Waals surface area contributed by atoms with E-state index in [0.29, 0.717) is 6.42 Å². The van der Waals surface area contributed by atoms with Gasteiger partial charge in [0.05, 0.1) is 0 Å². The van der Waals surface area contributed by atoms with Crippen molar-refractivity contribution in [1.82, 2.24) is 0 Å². The number of carbonyl (C=O) groups excluding carboxylic acids is 1. The van der Waals surface area contributed by atoms with Gasteiger partial charge in [-0.05, 0) is 39.0 Å². The van der Waals surface area contributed by atoms with E-state index in [1.54, 1.807) is 0 Å². The van der Waals surface area contributed by atoms with Crippen LogP contribution in [0.5, 0.6) is 0 Å². The zero-order chi connectivity index (χ0) is 19.7. The Morgan fingerprint density at radius 1 is 0.889 bits per heavy atom. The molecule has 0 radical (unpaired) electrons. The Kier molecular flexibility index (Phi) is 21.1. The standard InChI is InChI=1S/C20H38O5S.Na.H/c1-3-4-5-6-7-8-9-10-11-12-13-14-15-16-17-18-20(22)25-26(23,24)19(2)21;;/h10-11,19,21H,3-9,12-18H2,1-2H3;;/b11-10-;;. The zero-order valence-electron chi connectivity index (χ0n) is 16.6. The Hall–Kier alpha value is 0.120. The molecule has 156 valence electrons. The van der Waals surface area contributed by atoms with Gasteiger partial charge in [0.15, 0.2) is 5.44 Å². The van der Waals surface area contributed by atoms with Crippen LogP contribution in [0.1, 0.15) is 104 Å². The van der Waals surface area contributed by atoms with E-state index < -0.39 is 21.5 Å². The van der Waals surface area contributed by atoms with Gasteiger partial charge in [-0.3, -0.25) is 4.79 Å². The molecule has 0 rings (SSSR count). The molecule has 1 atom stereocenters. The summed E-state index contributed by atoms with van der Waals surface area (Å²) in [5.41, 5.74) is -1.68. The van der Waals surface area contributed by atoms with Crippen molar-refractivity contribution in [3.8, 4) is 0 Å². The Morgan fingerprint density at radius 2 is 1.33 bits per heavy atom. The minimum absolute atomic E-state index is 0. The van der Waals surface area contributed by atoms with Gasteiger partial charge >= 0.3 is 45.6 Å². The summed E-state index contributed by atoms with van der Waals surface area (Å²) >= 11 is 0. The summed E-state index contributed by atoms with van der Waals surface area (Å²) in [7, 11) is -4.17. The molecule has 0 aromatic carbocycles. The maximum absolute atomic E-state index is 11.4. The molecule has 0 fully saturated rings. The van der Waals surface area contributed by atoms with E-state index in [2.05, 4.69) is 23.3 Å². The maximum atomic E-state index is 11.4. The van der Waals surface area contributed by atoms with Gasteiger partial charge in [-0.1, -0.05) is 70.4 Å². The summed E-state index contributed by atoms with van der Waals surface area (Å²) in [6.07, 6.45) is 19.7. The van der Waals surface area contributed by atoms with Crippen LogP contribution in [0.15, 0.2) is 12.2 Å². The quantitative estimate of drug-likeness (QED) is 0.163. The first-order valence-electron chi connectivity index (χ1n) is 10.2. The molecule has 0 aliphatic heterocycles. The number of hydrogen-bond acceptors (Lipinski definition) is 5. The summed E-state index contributed by atoms with van der Waals surface area (Å²) in [6.45, 7) is 3.30. The molecule has 7 heteroatoms. The topological polar surface area (TPSA) is 80.7 Å². The molecule has 0 aromatic rings. The number of allylic oxidation sites excluding steroid dienone is 2. The van der Waals surface area contributed by atoms with E-state index in [0.717, 1.165) is 39.0 Å². The van der Waals surface area contributed by atoms with Gasteiger partial charge in [-0.2, -0.15) is 8.42 Å². The molecule has 5 nitrogen and oxygen atoms in total. The van der Waals surface area contributed by atoms with Gasteiger partial charge in [-0.15, -0.1) is 0 Å². The summed E-state index contributed by atoms with van der Waals surface area (Å²) in [4.78, 5) is 11.4. The van der Waals surface area contributed by atoms with E-state index in [9.17, 15) is 13.2 Å². The summed E-state index contributed by atoms with van der Waals surface area (Å²) < 4.78 is 26.7. The van der Waals surface area contributed by atoms with Crippen molar-refractivity contribution < 1.29 is 22.5 Å². The summed E-state index contributed by atoms with van der Waals surface area (Å²) in [5, 5.41) is 8.96. The van der Waals surface area contributed by atoms with Crippen LogP contribution >= 0.6 is 0 Å². The van der Waals surface area contributed by atoms with Crippen molar-refractivity contribution in [3.05, 3.63) is 12.2 Å². The van der Waals surface area contributed by atoms with E-state index in [1.165, 1.54) is 44.9 Å². The zero-order valence-corrected chi connectivity index (χ0v) is 17.4. The molecule has 0 aromatic heterocycles. The molecule has 0 saturated carbocycles. The third kappa shape index (κ3) is 19.2.